The Kier molecular flexibility index (Phi) is 5.13. The van der Waals surface area contributed by atoms with E-state index in [1.165, 1.54) is 0 Å². The third-order valence-electron chi connectivity index (χ3n) is 5.14. The largest absolute Gasteiger partial charge is 0.497 e. The first kappa shape index (κ1) is 18.3. The van der Waals surface area contributed by atoms with Gasteiger partial charge < -0.3 is 9.47 Å². The lowest BCUT2D eigenvalue weighted by Crippen LogP contribution is -2.34. The summed E-state index contributed by atoms with van der Waals surface area (Å²) in [7, 11) is 1.64. The Balaban J connectivity index is 1.77. The molecule has 1 amide bonds. The number of carbonyl (C=O) groups is 1. The van der Waals surface area contributed by atoms with Gasteiger partial charge in [0.2, 0.25) is 0 Å². The number of hydrogen-bond acceptors (Lipinski definition) is 3. The van der Waals surface area contributed by atoms with E-state index in [1.54, 1.807) is 7.11 Å². The standard InChI is InChI=1S/C24H23NO3/c1-17-22(18-9-5-3-6-10-18)25(23(26)19-11-7-4-8-12-19)24(28-17)20-13-15-21(27-2)16-14-20/h3-17,22,24H,1-2H3/t17-,22+,24?/m0/s1. The molecule has 1 unspecified atom stereocenters. The number of benzene rings is 3. The predicted octanol–water partition coefficient (Wildman–Crippen LogP) is 5.00. The predicted molar refractivity (Wildman–Crippen MR) is 108 cm³/mol. The molecule has 0 aliphatic carbocycles. The third-order valence-corrected chi connectivity index (χ3v) is 5.14. The molecule has 0 aromatic heterocycles. The summed E-state index contributed by atoms with van der Waals surface area (Å²) in [5.74, 6) is 0.731. The normalized spacial score (nSPS) is 21.5. The average Bonchev–Trinajstić information content (AvgIpc) is 3.11. The lowest BCUT2D eigenvalue weighted by Gasteiger charge is -2.29. The molecule has 1 heterocycles. The summed E-state index contributed by atoms with van der Waals surface area (Å²) in [6.45, 7) is 2.02. The summed E-state index contributed by atoms with van der Waals surface area (Å²) in [5, 5.41) is 0. The van der Waals surface area contributed by atoms with E-state index in [0.717, 1.165) is 16.9 Å². The van der Waals surface area contributed by atoms with Crippen LogP contribution in [-0.4, -0.2) is 24.0 Å². The van der Waals surface area contributed by atoms with Crippen LogP contribution in [0.1, 0.15) is 40.7 Å². The molecule has 142 valence electrons. The number of carbonyl (C=O) groups excluding carboxylic acids is 1. The zero-order valence-electron chi connectivity index (χ0n) is 16.0. The van der Waals surface area contributed by atoms with Crippen LogP contribution in [0.4, 0.5) is 0 Å². The van der Waals surface area contributed by atoms with Gasteiger partial charge in [0.15, 0.2) is 6.23 Å². The molecule has 1 saturated heterocycles. The molecule has 3 atom stereocenters. The summed E-state index contributed by atoms with van der Waals surface area (Å²) in [6.07, 6.45) is -0.596. The van der Waals surface area contributed by atoms with Gasteiger partial charge in [-0.15, -0.1) is 0 Å². The SMILES string of the molecule is COc1ccc(C2O[C@@H](C)[C@H](c3ccccc3)N2C(=O)c2ccccc2)cc1. The van der Waals surface area contributed by atoms with Crippen molar-refractivity contribution >= 4 is 5.91 Å². The van der Waals surface area contributed by atoms with Crippen LogP contribution in [0.3, 0.4) is 0 Å². The lowest BCUT2D eigenvalue weighted by molar-refractivity contribution is 0.00656. The van der Waals surface area contributed by atoms with Gasteiger partial charge in [-0.3, -0.25) is 9.69 Å². The molecule has 0 radical (unpaired) electrons. The molecule has 4 heteroatoms. The topological polar surface area (TPSA) is 38.8 Å². The van der Waals surface area contributed by atoms with Crippen LogP contribution in [0, 0.1) is 0 Å². The van der Waals surface area contributed by atoms with Crippen molar-refractivity contribution in [1.29, 1.82) is 0 Å². The molecule has 3 aromatic rings. The van der Waals surface area contributed by atoms with Crippen molar-refractivity contribution in [2.45, 2.75) is 25.3 Å². The molecule has 1 aliphatic heterocycles. The van der Waals surface area contributed by atoms with Crippen LogP contribution in [-0.2, 0) is 4.74 Å². The first-order valence-electron chi connectivity index (χ1n) is 9.41. The van der Waals surface area contributed by atoms with E-state index < -0.39 is 6.23 Å². The number of rotatable bonds is 4. The van der Waals surface area contributed by atoms with Gasteiger partial charge in [0.1, 0.15) is 5.75 Å². The Morgan fingerprint density at radius 3 is 2.07 bits per heavy atom. The van der Waals surface area contributed by atoms with Gasteiger partial charge in [0, 0.05) is 11.1 Å². The van der Waals surface area contributed by atoms with Crippen LogP contribution >= 0.6 is 0 Å². The van der Waals surface area contributed by atoms with Gasteiger partial charge in [0.05, 0.1) is 19.3 Å². The van der Waals surface area contributed by atoms with Gasteiger partial charge in [-0.05, 0) is 36.8 Å². The fourth-order valence-corrected chi connectivity index (χ4v) is 3.77. The van der Waals surface area contributed by atoms with Crippen molar-refractivity contribution in [3.63, 3.8) is 0 Å². The molecule has 4 nitrogen and oxygen atoms in total. The van der Waals surface area contributed by atoms with Gasteiger partial charge in [0.25, 0.3) is 5.91 Å². The molecule has 1 fully saturated rings. The summed E-state index contributed by atoms with van der Waals surface area (Å²) in [5.41, 5.74) is 2.64. The second kappa shape index (κ2) is 7.87. The highest BCUT2D eigenvalue weighted by Gasteiger charge is 2.44. The minimum Gasteiger partial charge on any atom is -0.497 e. The Labute approximate surface area is 165 Å². The highest BCUT2D eigenvalue weighted by atomic mass is 16.5. The van der Waals surface area contributed by atoms with Crippen molar-refractivity contribution in [3.05, 3.63) is 102 Å². The van der Waals surface area contributed by atoms with E-state index in [0.29, 0.717) is 5.56 Å². The number of hydrogen-bond donors (Lipinski definition) is 0. The molecule has 3 aromatic carbocycles. The van der Waals surface area contributed by atoms with Gasteiger partial charge in [-0.25, -0.2) is 0 Å². The van der Waals surface area contributed by atoms with Crippen LogP contribution in [0.5, 0.6) is 5.75 Å². The lowest BCUT2D eigenvalue weighted by atomic mass is 10.00. The number of methoxy groups -OCH3 is 1. The molecular weight excluding hydrogens is 350 g/mol. The Bertz CT molecular complexity index is 925. The monoisotopic (exact) mass is 373 g/mol. The zero-order valence-corrected chi connectivity index (χ0v) is 16.0. The summed E-state index contributed by atoms with van der Waals surface area (Å²) >= 11 is 0. The van der Waals surface area contributed by atoms with Gasteiger partial charge >= 0.3 is 0 Å². The average molecular weight is 373 g/mol. The molecule has 1 aliphatic rings. The summed E-state index contributed by atoms with van der Waals surface area (Å²) in [6, 6.07) is 27.0. The van der Waals surface area contributed by atoms with Crippen LogP contribution < -0.4 is 4.74 Å². The van der Waals surface area contributed by atoms with Crippen molar-refractivity contribution in [2.75, 3.05) is 7.11 Å². The van der Waals surface area contributed by atoms with E-state index in [2.05, 4.69) is 0 Å². The Hall–Kier alpha value is -3.11. The van der Waals surface area contributed by atoms with Crippen molar-refractivity contribution < 1.29 is 14.3 Å². The minimum absolute atomic E-state index is 0.0420. The fraction of sp³-hybridized carbons (Fsp3) is 0.208. The maximum Gasteiger partial charge on any atom is 0.256 e. The Morgan fingerprint density at radius 1 is 0.857 bits per heavy atom. The third kappa shape index (κ3) is 3.39. The van der Waals surface area contributed by atoms with Crippen molar-refractivity contribution in [1.82, 2.24) is 4.90 Å². The maximum absolute atomic E-state index is 13.5. The first-order chi connectivity index (χ1) is 13.7. The molecule has 0 saturated carbocycles. The molecule has 0 N–H and O–H groups in total. The molecule has 4 rings (SSSR count). The molecule has 28 heavy (non-hydrogen) atoms. The maximum atomic E-state index is 13.5. The first-order valence-corrected chi connectivity index (χ1v) is 9.41. The van der Waals surface area contributed by atoms with Crippen LogP contribution in [0.25, 0.3) is 0 Å². The quantitative estimate of drug-likeness (QED) is 0.646. The van der Waals surface area contributed by atoms with E-state index in [1.807, 2.05) is 96.8 Å². The van der Waals surface area contributed by atoms with E-state index in [-0.39, 0.29) is 18.1 Å². The smallest absolute Gasteiger partial charge is 0.256 e. The van der Waals surface area contributed by atoms with Crippen molar-refractivity contribution in [3.8, 4) is 5.75 Å². The zero-order chi connectivity index (χ0) is 19.5. The number of nitrogens with zero attached hydrogens (tertiary/aromatic N) is 1. The van der Waals surface area contributed by atoms with Gasteiger partial charge in [-0.1, -0.05) is 60.7 Å². The minimum atomic E-state index is -0.459. The van der Waals surface area contributed by atoms with Crippen LogP contribution in [0.15, 0.2) is 84.9 Å². The molecule has 0 bridgehead atoms. The highest BCUT2D eigenvalue weighted by Crippen LogP contribution is 2.44. The number of amides is 1. The number of ether oxygens (including phenoxy) is 2. The van der Waals surface area contributed by atoms with Crippen molar-refractivity contribution in [2.24, 2.45) is 0 Å². The van der Waals surface area contributed by atoms with E-state index >= 15 is 0 Å². The Morgan fingerprint density at radius 2 is 1.46 bits per heavy atom. The molecule has 0 spiro atoms. The van der Waals surface area contributed by atoms with E-state index in [9.17, 15) is 4.79 Å². The summed E-state index contributed by atoms with van der Waals surface area (Å²) in [4.78, 5) is 15.4. The van der Waals surface area contributed by atoms with Crippen LogP contribution in [0.2, 0.25) is 0 Å². The molecular formula is C24H23NO3. The summed E-state index contributed by atoms with van der Waals surface area (Å²) < 4.78 is 11.6. The second-order valence-electron chi connectivity index (χ2n) is 6.90. The second-order valence-corrected chi connectivity index (χ2v) is 6.90. The fourth-order valence-electron chi connectivity index (χ4n) is 3.77. The van der Waals surface area contributed by atoms with Gasteiger partial charge in [-0.2, -0.15) is 0 Å². The van der Waals surface area contributed by atoms with E-state index in [4.69, 9.17) is 9.47 Å². The highest BCUT2D eigenvalue weighted by molar-refractivity contribution is 5.95.